The van der Waals surface area contributed by atoms with Crippen LogP contribution in [0.5, 0.6) is 0 Å². The average Bonchev–Trinajstić information content (AvgIpc) is 3.53. The highest BCUT2D eigenvalue weighted by Gasteiger charge is 2.32. The summed E-state index contributed by atoms with van der Waals surface area (Å²) in [5.41, 5.74) is 3.44. The van der Waals surface area contributed by atoms with Crippen LogP contribution in [-0.4, -0.2) is 65.3 Å². The van der Waals surface area contributed by atoms with Gasteiger partial charge in [0.05, 0.1) is 38.0 Å². The minimum absolute atomic E-state index is 0.0945. The Balaban J connectivity index is 1.42. The maximum atomic E-state index is 12.5. The first-order chi connectivity index (χ1) is 16.5. The zero-order valence-corrected chi connectivity index (χ0v) is 19.6. The van der Waals surface area contributed by atoms with E-state index in [0.717, 1.165) is 42.0 Å². The number of fused-ring (bicyclic) bond motifs is 1. The van der Waals surface area contributed by atoms with Crippen LogP contribution in [0.3, 0.4) is 0 Å². The fourth-order valence-electron chi connectivity index (χ4n) is 4.34. The Morgan fingerprint density at radius 2 is 1.94 bits per heavy atom. The molecule has 1 unspecified atom stereocenters. The third-order valence-electron chi connectivity index (χ3n) is 6.33. The lowest BCUT2D eigenvalue weighted by Gasteiger charge is -2.35. The van der Waals surface area contributed by atoms with Gasteiger partial charge in [0.15, 0.2) is 5.82 Å². The lowest BCUT2D eigenvalue weighted by molar-refractivity contribution is 0.0984. The Hall–Kier alpha value is -3.40. The van der Waals surface area contributed by atoms with Gasteiger partial charge in [0.2, 0.25) is 0 Å². The molecule has 3 aliphatic rings. The summed E-state index contributed by atoms with van der Waals surface area (Å²) in [6, 6.07) is 7.75. The number of morpholine rings is 1. The molecule has 2 fully saturated rings. The minimum atomic E-state index is -0.182. The third-order valence-corrected chi connectivity index (χ3v) is 6.33. The predicted octanol–water partition coefficient (Wildman–Crippen LogP) is 2.70. The highest BCUT2D eigenvalue weighted by atomic mass is 16.5. The number of ether oxygens (including phenoxy) is 1. The quantitative estimate of drug-likeness (QED) is 0.626. The number of nitrogens with zero attached hydrogens (tertiary/aromatic N) is 4. The lowest BCUT2D eigenvalue weighted by Crippen LogP contribution is -2.44. The molecule has 2 aliphatic heterocycles. The summed E-state index contributed by atoms with van der Waals surface area (Å²) in [7, 11) is 0. The van der Waals surface area contributed by atoms with Gasteiger partial charge < -0.3 is 30.5 Å². The molecule has 180 valence electrons. The van der Waals surface area contributed by atoms with Crippen LogP contribution in [0.4, 0.5) is 21.1 Å². The maximum absolute atomic E-state index is 12.5. The van der Waals surface area contributed by atoms with Crippen LogP contribution in [0.15, 0.2) is 24.3 Å². The molecule has 34 heavy (non-hydrogen) atoms. The van der Waals surface area contributed by atoms with E-state index in [0.29, 0.717) is 50.4 Å². The van der Waals surface area contributed by atoms with Crippen LogP contribution in [0.25, 0.3) is 11.4 Å². The van der Waals surface area contributed by atoms with Crippen molar-refractivity contribution in [2.45, 2.75) is 51.9 Å². The first kappa shape index (κ1) is 22.4. The van der Waals surface area contributed by atoms with Crippen LogP contribution in [0.2, 0.25) is 0 Å². The number of hydrogen-bond acceptors (Lipinski definition) is 6. The van der Waals surface area contributed by atoms with Gasteiger partial charge in [0.1, 0.15) is 5.82 Å². The molecule has 4 amide bonds. The Labute approximate surface area is 199 Å². The molecule has 0 bridgehead atoms. The lowest BCUT2D eigenvalue weighted by atomic mass is 10.1. The molecule has 1 aromatic heterocycles. The number of aromatic nitrogens is 2. The molecule has 3 heterocycles. The van der Waals surface area contributed by atoms with E-state index in [9.17, 15) is 9.59 Å². The summed E-state index contributed by atoms with van der Waals surface area (Å²) in [5, 5.41) is 8.67. The number of carbonyl (C=O) groups is 2. The highest BCUT2D eigenvalue weighted by Crippen LogP contribution is 2.33. The number of benzene rings is 1. The van der Waals surface area contributed by atoms with E-state index in [1.165, 1.54) is 0 Å². The third kappa shape index (κ3) is 4.77. The van der Waals surface area contributed by atoms with Crippen molar-refractivity contribution in [2.24, 2.45) is 0 Å². The van der Waals surface area contributed by atoms with Crippen LogP contribution >= 0.6 is 0 Å². The predicted molar refractivity (Wildman–Crippen MR) is 129 cm³/mol. The summed E-state index contributed by atoms with van der Waals surface area (Å²) in [6.07, 6.45) is 2.09. The molecular formula is C24H31N7O3. The number of rotatable bonds is 5. The van der Waals surface area contributed by atoms with Gasteiger partial charge in [-0.05, 0) is 51.0 Å². The molecule has 2 aromatic rings. The van der Waals surface area contributed by atoms with E-state index in [1.807, 2.05) is 31.2 Å². The zero-order valence-electron chi connectivity index (χ0n) is 19.6. The van der Waals surface area contributed by atoms with Crippen LogP contribution in [0, 0.1) is 0 Å². The second-order valence-corrected chi connectivity index (χ2v) is 9.06. The van der Waals surface area contributed by atoms with Crippen molar-refractivity contribution >= 4 is 23.6 Å². The van der Waals surface area contributed by atoms with Crippen LogP contribution < -0.4 is 20.9 Å². The fraction of sp³-hybridized carbons (Fsp3) is 0.500. The van der Waals surface area contributed by atoms with Crippen molar-refractivity contribution in [1.29, 1.82) is 0 Å². The molecule has 1 aromatic carbocycles. The molecule has 1 saturated carbocycles. The number of hydrogen-bond donors (Lipinski definition) is 3. The summed E-state index contributed by atoms with van der Waals surface area (Å²) in [4.78, 5) is 38.4. The molecule has 10 heteroatoms. The monoisotopic (exact) mass is 465 g/mol. The molecule has 1 saturated heterocycles. The number of nitrogens with one attached hydrogen (secondary N) is 3. The van der Waals surface area contributed by atoms with Gasteiger partial charge in [-0.3, -0.25) is 0 Å². The van der Waals surface area contributed by atoms with Crippen molar-refractivity contribution in [3.05, 3.63) is 35.5 Å². The van der Waals surface area contributed by atoms with Gasteiger partial charge in [-0.25, -0.2) is 19.6 Å². The van der Waals surface area contributed by atoms with Crippen molar-refractivity contribution in [1.82, 2.24) is 25.5 Å². The largest absolute Gasteiger partial charge is 0.377 e. The van der Waals surface area contributed by atoms with Crippen molar-refractivity contribution in [2.75, 3.05) is 36.5 Å². The Kier molecular flexibility index (Phi) is 6.23. The molecule has 10 nitrogen and oxygen atoms in total. The Morgan fingerprint density at radius 1 is 1.15 bits per heavy atom. The van der Waals surface area contributed by atoms with Gasteiger partial charge >= 0.3 is 12.1 Å². The first-order valence-electron chi connectivity index (χ1n) is 12.0. The molecular weight excluding hydrogens is 434 g/mol. The van der Waals surface area contributed by atoms with Crippen molar-refractivity contribution < 1.29 is 14.3 Å². The number of urea groups is 2. The van der Waals surface area contributed by atoms with Crippen LogP contribution in [0.1, 0.15) is 37.9 Å². The topological polar surface area (TPSA) is 112 Å². The van der Waals surface area contributed by atoms with E-state index >= 15 is 0 Å². The standard InChI is InChI=1S/C24H31N7O3/c1-3-25-24(33)30-12-19-20(13-30)28-21(29-22(19)31-10-11-34-14-15(31)2)16-4-6-17(7-5-16)26-23(32)27-18-8-9-18/h4-7,15,18H,3,8-14H2,1-2H3,(H,25,33)(H2,26,27,32). The second-order valence-electron chi connectivity index (χ2n) is 9.06. The molecule has 3 N–H and O–H groups in total. The number of carbonyl (C=O) groups excluding carboxylic acids is 2. The first-order valence-corrected chi connectivity index (χ1v) is 12.0. The summed E-state index contributed by atoms with van der Waals surface area (Å²) < 4.78 is 5.63. The summed E-state index contributed by atoms with van der Waals surface area (Å²) >= 11 is 0. The van der Waals surface area contributed by atoms with Gasteiger partial charge in [-0.1, -0.05) is 0 Å². The van der Waals surface area contributed by atoms with E-state index in [-0.39, 0.29) is 18.1 Å². The van der Waals surface area contributed by atoms with Crippen LogP contribution in [-0.2, 0) is 17.8 Å². The molecule has 1 aliphatic carbocycles. The van der Waals surface area contributed by atoms with Gasteiger partial charge in [-0.2, -0.15) is 0 Å². The van der Waals surface area contributed by atoms with E-state index in [2.05, 4.69) is 27.8 Å². The molecule has 0 radical (unpaired) electrons. The van der Waals surface area contributed by atoms with E-state index in [4.69, 9.17) is 14.7 Å². The van der Waals surface area contributed by atoms with E-state index in [1.54, 1.807) is 4.90 Å². The van der Waals surface area contributed by atoms with Crippen molar-refractivity contribution in [3.8, 4) is 11.4 Å². The zero-order chi connectivity index (χ0) is 23.7. The second kappa shape index (κ2) is 9.46. The van der Waals surface area contributed by atoms with Gasteiger partial charge in [0, 0.05) is 35.9 Å². The van der Waals surface area contributed by atoms with Crippen molar-refractivity contribution in [3.63, 3.8) is 0 Å². The Bertz CT molecular complexity index is 1070. The average molecular weight is 466 g/mol. The maximum Gasteiger partial charge on any atom is 0.319 e. The van der Waals surface area contributed by atoms with Gasteiger partial charge in [-0.15, -0.1) is 0 Å². The molecule has 1 atom stereocenters. The molecule has 0 spiro atoms. The smallest absolute Gasteiger partial charge is 0.319 e. The number of amides is 4. The summed E-state index contributed by atoms with van der Waals surface area (Å²) in [6.45, 7) is 7.56. The van der Waals surface area contributed by atoms with E-state index < -0.39 is 0 Å². The minimum Gasteiger partial charge on any atom is -0.377 e. The molecule has 5 rings (SSSR count). The Morgan fingerprint density at radius 3 is 2.65 bits per heavy atom. The van der Waals surface area contributed by atoms with Gasteiger partial charge in [0.25, 0.3) is 0 Å². The normalized spacial score (nSPS) is 19.5. The fourth-order valence-corrected chi connectivity index (χ4v) is 4.34. The summed E-state index contributed by atoms with van der Waals surface area (Å²) in [5.74, 6) is 1.48. The number of anilines is 2. The SMILES string of the molecule is CCNC(=O)N1Cc2nc(-c3ccc(NC(=O)NC4CC4)cc3)nc(N3CCOCC3C)c2C1. The highest BCUT2D eigenvalue weighted by molar-refractivity contribution is 5.89.